The van der Waals surface area contributed by atoms with Gasteiger partial charge in [0.05, 0.1) is 0 Å². The molecule has 0 aliphatic rings. The number of amides is 2. The third kappa shape index (κ3) is 6.12. The second kappa shape index (κ2) is 9.35. The Labute approximate surface area is 141 Å². The fourth-order valence-electron chi connectivity index (χ4n) is 2.26. The summed E-state index contributed by atoms with van der Waals surface area (Å²) in [5.41, 5.74) is 5.05. The summed E-state index contributed by atoms with van der Waals surface area (Å²) in [4.78, 5) is 22.2. The van der Waals surface area contributed by atoms with Crippen molar-refractivity contribution >= 4 is 22.6 Å². The van der Waals surface area contributed by atoms with Crippen LogP contribution in [0, 0.1) is 0 Å². The predicted octanol–water partition coefficient (Wildman–Crippen LogP) is 2.89. The first-order chi connectivity index (χ1) is 11.6. The zero-order valence-electron chi connectivity index (χ0n) is 13.5. The molecule has 0 spiro atoms. The minimum Gasteiger partial charge on any atom is -0.473 e. The number of benzene rings is 2. The lowest BCUT2D eigenvalue weighted by Crippen LogP contribution is -2.25. The molecule has 0 aliphatic carbocycles. The van der Waals surface area contributed by atoms with Gasteiger partial charge in [0.25, 0.3) is 0 Å². The molecule has 0 unspecified atom stereocenters. The molecular weight excluding hydrogens is 304 g/mol. The molecule has 0 heterocycles. The average Bonchev–Trinajstić information content (AvgIpc) is 2.57. The molecule has 5 nitrogen and oxygen atoms in total. The van der Waals surface area contributed by atoms with Crippen LogP contribution in [0.1, 0.15) is 25.7 Å². The SMILES string of the molecule is NC(=O)CCCCC=CC(=O)NCOc1ccc2ccccc2c1. The van der Waals surface area contributed by atoms with Crippen LogP contribution in [0.3, 0.4) is 0 Å². The topological polar surface area (TPSA) is 81.4 Å². The Bertz CT molecular complexity index is 725. The number of ether oxygens (including phenoxy) is 1. The van der Waals surface area contributed by atoms with Gasteiger partial charge in [-0.1, -0.05) is 36.4 Å². The predicted molar refractivity (Wildman–Crippen MR) is 94.4 cm³/mol. The van der Waals surface area contributed by atoms with Gasteiger partial charge in [0, 0.05) is 6.42 Å². The Balaban J connectivity index is 1.67. The van der Waals surface area contributed by atoms with Crippen molar-refractivity contribution in [2.24, 2.45) is 5.73 Å². The van der Waals surface area contributed by atoms with Crippen LogP contribution in [0.5, 0.6) is 5.75 Å². The first kappa shape index (κ1) is 17.5. The summed E-state index contributed by atoms with van der Waals surface area (Å²) in [6, 6.07) is 13.8. The molecule has 0 saturated heterocycles. The van der Waals surface area contributed by atoms with Crippen molar-refractivity contribution < 1.29 is 14.3 Å². The zero-order valence-corrected chi connectivity index (χ0v) is 13.5. The van der Waals surface area contributed by atoms with Crippen LogP contribution in [-0.2, 0) is 9.59 Å². The minimum absolute atomic E-state index is 0.114. The van der Waals surface area contributed by atoms with Crippen molar-refractivity contribution in [3.63, 3.8) is 0 Å². The summed E-state index contributed by atoms with van der Waals surface area (Å²) in [7, 11) is 0. The van der Waals surface area contributed by atoms with Gasteiger partial charge in [-0.3, -0.25) is 9.59 Å². The lowest BCUT2D eigenvalue weighted by atomic mass is 10.1. The number of fused-ring (bicyclic) bond motifs is 1. The number of hydrogen-bond acceptors (Lipinski definition) is 3. The lowest BCUT2D eigenvalue weighted by molar-refractivity contribution is -0.118. The molecule has 0 fully saturated rings. The van der Waals surface area contributed by atoms with Crippen molar-refractivity contribution in [3.05, 3.63) is 54.6 Å². The Hall–Kier alpha value is -2.82. The molecule has 0 saturated carbocycles. The average molecular weight is 326 g/mol. The van der Waals surface area contributed by atoms with E-state index in [2.05, 4.69) is 5.32 Å². The standard InChI is InChI=1S/C19H22N2O3/c20-18(22)9-3-1-2-4-10-19(23)21-14-24-17-12-11-15-7-5-6-8-16(15)13-17/h4-8,10-13H,1-3,9,14H2,(H2,20,22)(H,21,23). The molecule has 0 aliphatic heterocycles. The molecule has 3 N–H and O–H groups in total. The maximum atomic E-state index is 11.6. The van der Waals surface area contributed by atoms with Gasteiger partial charge in [0.15, 0.2) is 6.73 Å². The molecular formula is C19H22N2O3. The van der Waals surface area contributed by atoms with E-state index in [9.17, 15) is 9.59 Å². The maximum absolute atomic E-state index is 11.6. The first-order valence-electron chi connectivity index (χ1n) is 7.99. The highest BCUT2D eigenvalue weighted by atomic mass is 16.5. The third-order valence-electron chi connectivity index (χ3n) is 3.52. The Kier molecular flexibility index (Phi) is 6.83. The van der Waals surface area contributed by atoms with Gasteiger partial charge in [-0.2, -0.15) is 0 Å². The van der Waals surface area contributed by atoms with Crippen molar-refractivity contribution in [2.75, 3.05) is 6.73 Å². The van der Waals surface area contributed by atoms with E-state index in [1.54, 1.807) is 6.08 Å². The molecule has 0 bridgehead atoms. The largest absolute Gasteiger partial charge is 0.473 e. The second-order valence-electron chi connectivity index (χ2n) is 5.45. The van der Waals surface area contributed by atoms with Crippen molar-refractivity contribution in [1.29, 1.82) is 0 Å². The summed E-state index contributed by atoms with van der Waals surface area (Å²) in [6.45, 7) is 0.114. The van der Waals surface area contributed by atoms with Crippen molar-refractivity contribution in [3.8, 4) is 5.75 Å². The zero-order chi connectivity index (χ0) is 17.2. The summed E-state index contributed by atoms with van der Waals surface area (Å²) in [5, 5.41) is 4.91. The highest BCUT2D eigenvalue weighted by Gasteiger charge is 1.99. The molecule has 2 rings (SSSR count). The molecule has 5 heteroatoms. The van der Waals surface area contributed by atoms with Crippen LogP contribution in [0.4, 0.5) is 0 Å². The van der Waals surface area contributed by atoms with Gasteiger partial charge in [0.2, 0.25) is 11.8 Å². The van der Waals surface area contributed by atoms with Crippen LogP contribution in [0.25, 0.3) is 10.8 Å². The number of rotatable bonds is 9. The summed E-state index contributed by atoms with van der Waals surface area (Å²) >= 11 is 0. The smallest absolute Gasteiger partial charge is 0.246 e. The van der Waals surface area contributed by atoms with Crippen LogP contribution < -0.4 is 15.8 Å². The van der Waals surface area contributed by atoms with Gasteiger partial charge in [-0.15, -0.1) is 0 Å². The maximum Gasteiger partial charge on any atom is 0.246 e. The number of allylic oxidation sites excluding steroid dienone is 1. The fraction of sp³-hybridized carbons (Fsp3) is 0.263. The highest BCUT2D eigenvalue weighted by Crippen LogP contribution is 2.20. The number of unbranched alkanes of at least 4 members (excludes halogenated alkanes) is 2. The van der Waals surface area contributed by atoms with Gasteiger partial charge in [0.1, 0.15) is 5.75 Å². The molecule has 2 aromatic carbocycles. The Morgan fingerprint density at radius 3 is 2.67 bits per heavy atom. The Morgan fingerprint density at radius 1 is 1.08 bits per heavy atom. The number of nitrogens with two attached hydrogens (primary N) is 1. The summed E-state index contributed by atoms with van der Waals surface area (Å²) < 4.78 is 5.54. The normalized spacial score (nSPS) is 10.8. The van der Waals surface area contributed by atoms with Crippen LogP contribution in [0.2, 0.25) is 0 Å². The number of hydrogen-bond donors (Lipinski definition) is 2. The van der Waals surface area contributed by atoms with Crippen LogP contribution >= 0.6 is 0 Å². The quantitative estimate of drug-likeness (QED) is 0.422. The molecule has 0 radical (unpaired) electrons. The Morgan fingerprint density at radius 2 is 1.88 bits per heavy atom. The van der Waals surface area contributed by atoms with Crippen molar-refractivity contribution in [1.82, 2.24) is 5.32 Å². The number of carbonyl (C=O) groups is 2. The van der Waals surface area contributed by atoms with E-state index < -0.39 is 0 Å². The van der Waals surface area contributed by atoms with Gasteiger partial charge >= 0.3 is 0 Å². The van der Waals surface area contributed by atoms with E-state index in [0.717, 1.165) is 30.0 Å². The number of nitrogens with one attached hydrogen (secondary N) is 1. The number of carbonyl (C=O) groups excluding carboxylic acids is 2. The highest BCUT2D eigenvalue weighted by molar-refractivity contribution is 5.87. The molecule has 0 atom stereocenters. The van der Waals surface area contributed by atoms with E-state index in [1.807, 2.05) is 42.5 Å². The first-order valence-corrected chi connectivity index (χ1v) is 7.99. The number of primary amides is 1. The lowest BCUT2D eigenvalue weighted by Gasteiger charge is -2.07. The molecule has 2 aromatic rings. The van der Waals surface area contributed by atoms with E-state index >= 15 is 0 Å². The molecule has 0 aromatic heterocycles. The molecule has 2 amide bonds. The third-order valence-corrected chi connectivity index (χ3v) is 3.52. The summed E-state index contributed by atoms with van der Waals surface area (Å²) in [6.07, 6.45) is 5.97. The van der Waals surface area contributed by atoms with Crippen LogP contribution in [-0.4, -0.2) is 18.5 Å². The van der Waals surface area contributed by atoms with Crippen molar-refractivity contribution in [2.45, 2.75) is 25.7 Å². The molecule has 126 valence electrons. The van der Waals surface area contributed by atoms with Gasteiger partial charge in [-0.05, 0) is 48.2 Å². The second-order valence-corrected chi connectivity index (χ2v) is 5.45. The summed E-state index contributed by atoms with van der Waals surface area (Å²) in [5.74, 6) is 0.220. The van der Waals surface area contributed by atoms with Crippen LogP contribution in [0.15, 0.2) is 54.6 Å². The van der Waals surface area contributed by atoms with E-state index in [4.69, 9.17) is 10.5 Å². The minimum atomic E-state index is -0.289. The van der Waals surface area contributed by atoms with E-state index in [1.165, 1.54) is 6.08 Å². The fourth-order valence-corrected chi connectivity index (χ4v) is 2.26. The van der Waals surface area contributed by atoms with Gasteiger partial charge in [-0.25, -0.2) is 0 Å². The van der Waals surface area contributed by atoms with E-state index in [-0.39, 0.29) is 18.5 Å². The molecule has 24 heavy (non-hydrogen) atoms. The van der Waals surface area contributed by atoms with E-state index in [0.29, 0.717) is 12.2 Å². The van der Waals surface area contributed by atoms with Gasteiger partial charge < -0.3 is 15.8 Å². The monoisotopic (exact) mass is 326 g/mol.